The molecule has 2 heterocycles. The summed E-state index contributed by atoms with van der Waals surface area (Å²) in [6.45, 7) is 3.40. The zero-order valence-corrected chi connectivity index (χ0v) is 15.9. The number of urea groups is 1. The predicted molar refractivity (Wildman–Crippen MR) is 107 cm³/mol. The van der Waals surface area contributed by atoms with Crippen LogP contribution in [0.4, 0.5) is 16.6 Å². The van der Waals surface area contributed by atoms with Crippen molar-refractivity contribution in [1.82, 2.24) is 15.3 Å². The van der Waals surface area contributed by atoms with Crippen molar-refractivity contribution < 1.29 is 14.3 Å². The Balaban J connectivity index is 1.60. The first-order valence-electron chi connectivity index (χ1n) is 9.37. The second-order valence-electron chi connectivity index (χ2n) is 6.19. The van der Waals surface area contributed by atoms with E-state index in [-0.39, 0.29) is 12.0 Å². The number of hydrogen-bond acceptors (Lipinski definition) is 6. The summed E-state index contributed by atoms with van der Waals surface area (Å²) in [4.78, 5) is 22.2. The van der Waals surface area contributed by atoms with Crippen molar-refractivity contribution in [3.05, 3.63) is 60.5 Å². The molecule has 2 N–H and O–H groups in total. The van der Waals surface area contributed by atoms with E-state index < -0.39 is 0 Å². The average molecular weight is 383 g/mol. The SMILES string of the molecule is CCOCCNC(=O)Nc1nccc(N2C=COC(CC3=CC=CCC3)=C2)n1. The fourth-order valence-electron chi connectivity index (χ4n) is 2.75. The zero-order valence-electron chi connectivity index (χ0n) is 15.9. The zero-order chi connectivity index (χ0) is 19.6. The van der Waals surface area contributed by atoms with Crippen molar-refractivity contribution in [2.24, 2.45) is 0 Å². The van der Waals surface area contributed by atoms with Gasteiger partial charge in [-0.1, -0.05) is 23.8 Å². The number of nitrogens with one attached hydrogen (secondary N) is 2. The van der Waals surface area contributed by atoms with E-state index >= 15 is 0 Å². The van der Waals surface area contributed by atoms with Gasteiger partial charge in [-0.25, -0.2) is 9.78 Å². The Morgan fingerprint density at radius 1 is 1.43 bits per heavy atom. The van der Waals surface area contributed by atoms with Crippen LogP contribution in [0.25, 0.3) is 0 Å². The minimum atomic E-state index is -0.372. The highest BCUT2D eigenvalue weighted by Gasteiger charge is 2.13. The van der Waals surface area contributed by atoms with E-state index in [0.717, 1.165) is 25.0 Å². The molecule has 28 heavy (non-hydrogen) atoms. The summed E-state index contributed by atoms with van der Waals surface area (Å²) >= 11 is 0. The van der Waals surface area contributed by atoms with Crippen LogP contribution in [0.2, 0.25) is 0 Å². The van der Waals surface area contributed by atoms with Gasteiger partial charge in [-0.2, -0.15) is 4.98 Å². The molecule has 3 rings (SSSR count). The number of nitrogens with zero attached hydrogens (tertiary/aromatic N) is 3. The van der Waals surface area contributed by atoms with Crippen LogP contribution in [0, 0.1) is 0 Å². The number of carbonyl (C=O) groups excluding carboxylic acids is 1. The number of allylic oxidation sites excluding steroid dienone is 4. The summed E-state index contributed by atoms with van der Waals surface area (Å²) in [5.41, 5.74) is 1.33. The van der Waals surface area contributed by atoms with E-state index in [1.54, 1.807) is 24.7 Å². The molecule has 0 saturated heterocycles. The van der Waals surface area contributed by atoms with Crippen molar-refractivity contribution >= 4 is 17.8 Å². The fraction of sp³-hybridized carbons (Fsp3) is 0.350. The highest BCUT2D eigenvalue weighted by Crippen LogP contribution is 2.25. The summed E-state index contributed by atoms with van der Waals surface area (Å²) in [6.07, 6.45) is 16.1. The summed E-state index contributed by atoms with van der Waals surface area (Å²) in [7, 11) is 0. The summed E-state index contributed by atoms with van der Waals surface area (Å²) < 4.78 is 10.8. The van der Waals surface area contributed by atoms with Crippen LogP contribution in [0.5, 0.6) is 0 Å². The Hall–Kier alpha value is -3.13. The molecule has 0 unspecified atom stereocenters. The predicted octanol–water partition coefficient (Wildman–Crippen LogP) is 3.45. The summed E-state index contributed by atoms with van der Waals surface area (Å²) in [5.74, 6) is 1.70. The van der Waals surface area contributed by atoms with E-state index in [2.05, 4.69) is 38.8 Å². The minimum Gasteiger partial charge on any atom is -0.466 e. The monoisotopic (exact) mass is 383 g/mol. The van der Waals surface area contributed by atoms with E-state index in [1.165, 1.54) is 5.57 Å². The lowest BCUT2D eigenvalue weighted by molar-refractivity contribution is 0.150. The topological polar surface area (TPSA) is 88.6 Å². The Kier molecular flexibility index (Phi) is 7.20. The lowest BCUT2D eigenvalue weighted by Gasteiger charge is -2.21. The largest absolute Gasteiger partial charge is 0.466 e. The van der Waals surface area contributed by atoms with Gasteiger partial charge in [0.05, 0.1) is 6.61 Å². The van der Waals surface area contributed by atoms with Gasteiger partial charge in [0.2, 0.25) is 5.95 Å². The minimum absolute atomic E-state index is 0.223. The van der Waals surface area contributed by atoms with Crippen molar-refractivity contribution in [2.75, 3.05) is 30.0 Å². The first-order chi connectivity index (χ1) is 13.7. The van der Waals surface area contributed by atoms with E-state index in [4.69, 9.17) is 9.47 Å². The molecule has 1 aromatic heterocycles. The number of ether oxygens (including phenoxy) is 2. The molecular formula is C20H25N5O3. The van der Waals surface area contributed by atoms with Crippen LogP contribution < -0.4 is 15.5 Å². The number of rotatable bonds is 8. The van der Waals surface area contributed by atoms with Crippen LogP contribution in [0.15, 0.2) is 60.5 Å². The highest BCUT2D eigenvalue weighted by molar-refractivity contribution is 5.87. The smallest absolute Gasteiger partial charge is 0.321 e. The van der Waals surface area contributed by atoms with Gasteiger partial charge >= 0.3 is 6.03 Å². The first-order valence-corrected chi connectivity index (χ1v) is 9.37. The molecule has 8 heteroatoms. The van der Waals surface area contributed by atoms with Gasteiger partial charge in [0.15, 0.2) is 0 Å². The maximum absolute atomic E-state index is 11.9. The molecule has 1 aliphatic carbocycles. The van der Waals surface area contributed by atoms with E-state index in [1.807, 2.05) is 18.0 Å². The standard InChI is InChI=1S/C20H25N5O3/c1-2-27-12-10-22-20(26)24-19-21-9-8-18(23-19)25-11-13-28-17(15-25)14-16-6-4-3-5-7-16/h3-4,6,8-9,11,13,15H,2,5,7,10,12,14H2,1H3,(H2,21,22,23,24,26). The Morgan fingerprint density at radius 2 is 2.36 bits per heavy atom. The molecule has 0 atom stereocenters. The van der Waals surface area contributed by atoms with Crippen molar-refractivity contribution in [1.29, 1.82) is 0 Å². The molecule has 0 radical (unpaired) electrons. The maximum atomic E-state index is 11.9. The van der Waals surface area contributed by atoms with Gasteiger partial charge in [-0.05, 0) is 25.8 Å². The Bertz CT molecular complexity index is 801. The molecule has 0 saturated carbocycles. The normalized spacial score (nSPS) is 15.5. The van der Waals surface area contributed by atoms with Crippen LogP contribution >= 0.6 is 0 Å². The second-order valence-corrected chi connectivity index (χ2v) is 6.19. The van der Waals surface area contributed by atoms with Gasteiger partial charge in [0.25, 0.3) is 0 Å². The number of aromatic nitrogens is 2. The van der Waals surface area contributed by atoms with Crippen molar-refractivity contribution in [2.45, 2.75) is 26.2 Å². The summed E-state index contributed by atoms with van der Waals surface area (Å²) in [5, 5.41) is 5.32. The molecule has 0 bridgehead atoms. The van der Waals surface area contributed by atoms with Gasteiger partial charge in [-0.3, -0.25) is 5.32 Å². The third kappa shape index (κ3) is 5.95. The van der Waals surface area contributed by atoms with Crippen LogP contribution in [0.3, 0.4) is 0 Å². The van der Waals surface area contributed by atoms with Crippen LogP contribution in [0.1, 0.15) is 26.2 Å². The Labute approximate surface area is 164 Å². The van der Waals surface area contributed by atoms with Crippen LogP contribution in [-0.4, -0.2) is 35.8 Å². The van der Waals surface area contributed by atoms with Gasteiger partial charge in [-0.15, -0.1) is 0 Å². The molecule has 2 amide bonds. The van der Waals surface area contributed by atoms with E-state index in [9.17, 15) is 4.79 Å². The lowest BCUT2D eigenvalue weighted by Crippen LogP contribution is -2.32. The number of carbonyl (C=O) groups is 1. The second kappa shape index (κ2) is 10.3. The number of anilines is 2. The van der Waals surface area contributed by atoms with Crippen LogP contribution in [-0.2, 0) is 9.47 Å². The fourth-order valence-corrected chi connectivity index (χ4v) is 2.75. The Morgan fingerprint density at radius 3 is 3.18 bits per heavy atom. The molecular weight excluding hydrogens is 358 g/mol. The van der Waals surface area contributed by atoms with Gasteiger partial charge < -0.3 is 19.7 Å². The lowest BCUT2D eigenvalue weighted by atomic mass is 10.0. The number of amides is 2. The number of hydrogen-bond donors (Lipinski definition) is 2. The molecule has 1 aliphatic heterocycles. The molecule has 148 valence electrons. The average Bonchev–Trinajstić information content (AvgIpc) is 2.72. The molecule has 8 nitrogen and oxygen atoms in total. The highest BCUT2D eigenvalue weighted by atomic mass is 16.5. The molecule has 0 aromatic carbocycles. The third-order valence-electron chi connectivity index (χ3n) is 4.09. The molecule has 2 aliphatic rings. The maximum Gasteiger partial charge on any atom is 0.321 e. The third-order valence-corrected chi connectivity index (χ3v) is 4.09. The van der Waals surface area contributed by atoms with Crippen molar-refractivity contribution in [3.63, 3.8) is 0 Å². The molecule has 1 aromatic rings. The van der Waals surface area contributed by atoms with E-state index in [0.29, 0.717) is 25.6 Å². The molecule has 0 fully saturated rings. The van der Waals surface area contributed by atoms with Gasteiger partial charge in [0, 0.05) is 38.2 Å². The first kappa shape index (κ1) is 19.6. The van der Waals surface area contributed by atoms with Crippen molar-refractivity contribution in [3.8, 4) is 0 Å². The summed E-state index contributed by atoms with van der Waals surface area (Å²) in [6, 6.07) is 1.40. The van der Waals surface area contributed by atoms with Gasteiger partial charge in [0.1, 0.15) is 17.8 Å². The molecule has 0 spiro atoms. The quantitative estimate of drug-likeness (QED) is 0.669.